The third-order valence-corrected chi connectivity index (χ3v) is 4.00. The van der Waals surface area contributed by atoms with Crippen LogP contribution in [0.5, 0.6) is 0 Å². The molecule has 1 heterocycles. The first-order chi connectivity index (χ1) is 8.70. The summed E-state index contributed by atoms with van der Waals surface area (Å²) in [4.78, 5) is 13.0. The van der Waals surface area contributed by atoms with E-state index in [-0.39, 0.29) is 5.78 Å². The van der Waals surface area contributed by atoms with Crippen molar-refractivity contribution in [1.29, 1.82) is 0 Å². The summed E-state index contributed by atoms with van der Waals surface area (Å²) in [5, 5.41) is 0. The number of benzene rings is 1. The van der Waals surface area contributed by atoms with Gasteiger partial charge in [0.15, 0.2) is 5.78 Å². The van der Waals surface area contributed by atoms with Crippen LogP contribution in [0.4, 0.5) is 0 Å². The SMILES string of the molecule is CCc1ccc(C(=O)CSc2ccoc2C)cc1. The molecule has 0 fully saturated rings. The zero-order valence-corrected chi connectivity index (χ0v) is 11.4. The van der Waals surface area contributed by atoms with Gasteiger partial charge < -0.3 is 4.42 Å². The van der Waals surface area contributed by atoms with Crippen LogP contribution >= 0.6 is 11.8 Å². The standard InChI is InChI=1S/C15H16O2S/c1-3-12-4-6-13(7-5-12)14(16)10-18-15-8-9-17-11(15)2/h4-9H,3,10H2,1-2H3. The lowest BCUT2D eigenvalue weighted by Crippen LogP contribution is -2.02. The van der Waals surface area contributed by atoms with Crippen LogP contribution in [0, 0.1) is 6.92 Å². The Morgan fingerprint density at radius 1 is 1.22 bits per heavy atom. The van der Waals surface area contributed by atoms with E-state index in [1.54, 1.807) is 6.26 Å². The van der Waals surface area contributed by atoms with Gasteiger partial charge in [-0.1, -0.05) is 31.2 Å². The summed E-state index contributed by atoms with van der Waals surface area (Å²) in [7, 11) is 0. The van der Waals surface area contributed by atoms with Crippen LogP contribution in [0.15, 0.2) is 45.9 Å². The Bertz CT molecular complexity index is 526. The van der Waals surface area contributed by atoms with Gasteiger partial charge in [0.1, 0.15) is 5.76 Å². The van der Waals surface area contributed by atoms with Gasteiger partial charge in [-0.25, -0.2) is 0 Å². The number of aryl methyl sites for hydroxylation is 2. The predicted molar refractivity (Wildman–Crippen MR) is 74.3 cm³/mol. The number of Topliss-reactive ketones (excluding diaryl/α,β-unsaturated/α-hetero) is 1. The number of hydrogen-bond donors (Lipinski definition) is 0. The second kappa shape index (κ2) is 5.91. The van der Waals surface area contributed by atoms with Crippen LogP contribution in [0.25, 0.3) is 0 Å². The van der Waals surface area contributed by atoms with Crippen molar-refractivity contribution in [2.24, 2.45) is 0 Å². The summed E-state index contributed by atoms with van der Waals surface area (Å²) < 4.78 is 5.20. The maximum Gasteiger partial charge on any atom is 0.173 e. The molecule has 0 unspecified atom stereocenters. The van der Waals surface area contributed by atoms with E-state index < -0.39 is 0 Å². The Balaban J connectivity index is 1.97. The first-order valence-electron chi connectivity index (χ1n) is 5.99. The molecule has 2 nitrogen and oxygen atoms in total. The van der Waals surface area contributed by atoms with Crippen molar-refractivity contribution in [3.05, 3.63) is 53.5 Å². The van der Waals surface area contributed by atoms with Crippen LogP contribution in [0.1, 0.15) is 28.6 Å². The summed E-state index contributed by atoms with van der Waals surface area (Å²) in [5.74, 6) is 1.48. The summed E-state index contributed by atoms with van der Waals surface area (Å²) in [6.07, 6.45) is 2.65. The van der Waals surface area contributed by atoms with Gasteiger partial charge in [-0.2, -0.15) is 0 Å². The van der Waals surface area contributed by atoms with Gasteiger partial charge in [-0.05, 0) is 25.0 Å². The van der Waals surface area contributed by atoms with E-state index >= 15 is 0 Å². The monoisotopic (exact) mass is 260 g/mol. The molecule has 0 saturated carbocycles. The van der Waals surface area contributed by atoms with Crippen molar-refractivity contribution >= 4 is 17.5 Å². The summed E-state index contributed by atoms with van der Waals surface area (Å²) in [6, 6.07) is 9.74. The minimum absolute atomic E-state index is 0.156. The average Bonchev–Trinajstić information content (AvgIpc) is 2.81. The molecule has 0 aliphatic heterocycles. The Morgan fingerprint density at radius 3 is 2.50 bits per heavy atom. The molecule has 18 heavy (non-hydrogen) atoms. The van der Waals surface area contributed by atoms with Crippen LogP contribution in [0.2, 0.25) is 0 Å². The van der Waals surface area contributed by atoms with E-state index in [9.17, 15) is 4.79 Å². The quantitative estimate of drug-likeness (QED) is 0.598. The van der Waals surface area contributed by atoms with Gasteiger partial charge in [-0.3, -0.25) is 4.79 Å². The highest BCUT2D eigenvalue weighted by Gasteiger charge is 2.08. The third kappa shape index (κ3) is 3.05. The van der Waals surface area contributed by atoms with E-state index in [2.05, 4.69) is 6.92 Å². The lowest BCUT2D eigenvalue weighted by atomic mass is 10.1. The number of thioether (sulfide) groups is 1. The summed E-state index contributed by atoms with van der Waals surface area (Å²) in [6.45, 7) is 4.01. The first kappa shape index (κ1) is 13.0. The lowest BCUT2D eigenvalue weighted by molar-refractivity contribution is 0.102. The van der Waals surface area contributed by atoms with Gasteiger partial charge in [0, 0.05) is 10.5 Å². The topological polar surface area (TPSA) is 30.2 Å². The number of carbonyl (C=O) groups is 1. The van der Waals surface area contributed by atoms with Gasteiger partial charge in [0.25, 0.3) is 0 Å². The Morgan fingerprint density at radius 2 is 1.94 bits per heavy atom. The summed E-state index contributed by atoms with van der Waals surface area (Å²) in [5.41, 5.74) is 2.03. The average molecular weight is 260 g/mol. The molecule has 0 N–H and O–H groups in total. The maximum atomic E-state index is 12.0. The molecule has 0 radical (unpaired) electrons. The third-order valence-electron chi connectivity index (χ3n) is 2.85. The van der Waals surface area contributed by atoms with Crippen LogP contribution in [-0.4, -0.2) is 11.5 Å². The molecule has 0 amide bonds. The molecule has 0 aliphatic rings. The molecule has 3 heteroatoms. The fraction of sp³-hybridized carbons (Fsp3) is 0.267. The molecule has 1 aromatic carbocycles. The molecule has 94 valence electrons. The minimum atomic E-state index is 0.156. The van der Waals surface area contributed by atoms with Gasteiger partial charge >= 0.3 is 0 Å². The van der Waals surface area contributed by atoms with E-state index in [0.29, 0.717) is 5.75 Å². The van der Waals surface area contributed by atoms with Crippen molar-refractivity contribution in [3.8, 4) is 0 Å². The van der Waals surface area contributed by atoms with Crippen molar-refractivity contribution in [2.75, 3.05) is 5.75 Å². The zero-order chi connectivity index (χ0) is 13.0. The molecule has 0 aliphatic carbocycles. The van der Waals surface area contributed by atoms with Gasteiger partial charge in [0.2, 0.25) is 0 Å². The minimum Gasteiger partial charge on any atom is -0.468 e. The van der Waals surface area contributed by atoms with Crippen molar-refractivity contribution in [3.63, 3.8) is 0 Å². The smallest absolute Gasteiger partial charge is 0.173 e. The fourth-order valence-electron chi connectivity index (χ4n) is 1.68. The molecular formula is C15H16O2S. The fourth-order valence-corrected chi connectivity index (χ4v) is 2.53. The van der Waals surface area contributed by atoms with Gasteiger partial charge in [-0.15, -0.1) is 11.8 Å². The second-order valence-electron chi connectivity index (χ2n) is 4.10. The largest absolute Gasteiger partial charge is 0.468 e. The molecule has 2 aromatic rings. The highest BCUT2D eigenvalue weighted by atomic mass is 32.2. The molecule has 2 rings (SSSR count). The molecular weight excluding hydrogens is 244 g/mol. The molecule has 0 atom stereocenters. The highest BCUT2D eigenvalue weighted by molar-refractivity contribution is 8.00. The molecule has 0 saturated heterocycles. The van der Waals surface area contributed by atoms with Gasteiger partial charge in [0.05, 0.1) is 12.0 Å². The van der Waals surface area contributed by atoms with Crippen LogP contribution in [-0.2, 0) is 6.42 Å². The number of carbonyl (C=O) groups excluding carboxylic acids is 1. The Kier molecular flexibility index (Phi) is 4.26. The Hall–Kier alpha value is -1.48. The van der Waals surface area contributed by atoms with Crippen LogP contribution in [0.3, 0.4) is 0 Å². The van der Waals surface area contributed by atoms with E-state index in [0.717, 1.165) is 22.6 Å². The highest BCUT2D eigenvalue weighted by Crippen LogP contribution is 2.23. The lowest BCUT2D eigenvalue weighted by Gasteiger charge is -2.02. The number of hydrogen-bond acceptors (Lipinski definition) is 3. The van der Waals surface area contributed by atoms with E-state index in [1.165, 1.54) is 17.3 Å². The number of furan rings is 1. The van der Waals surface area contributed by atoms with E-state index in [4.69, 9.17) is 4.42 Å². The number of rotatable bonds is 5. The summed E-state index contributed by atoms with van der Waals surface area (Å²) >= 11 is 1.52. The van der Waals surface area contributed by atoms with Crippen molar-refractivity contribution in [1.82, 2.24) is 0 Å². The van der Waals surface area contributed by atoms with Crippen molar-refractivity contribution in [2.45, 2.75) is 25.2 Å². The van der Waals surface area contributed by atoms with Crippen molar-refractivity contribution < 1.29 is 9.21 Å². The zero-order valence-electron chi connectivity index (χ0n) is 10.6. The second-order valence-corrected chi connectivity index (χ2v) is 5.12. The Labute approximate surface area is 111 Å². The normalized spacial score (nSPS) is 10.6. The molecule has 1 aromatic heterocycles. The molecule has 0 spiro atoms. The number of ketones is 1. The molecule has 0 bridgehead atoms. The van der Waals surface area contributed by atoms with Crippen LogP contribution < -0.4 is 0 Å². The van der Waals surface area contributed by atoms with E-state index in [1.807, 2.05) is 37.3 Å². The predicted octanol–water partition coefficient (Wildman–Crippen LogP) is 4.13. The first-order valence-corrected chi connectivity index (χ1v) is 6.98. The maximum absolute atomic E-state index is 12.0.